The number of nitrogens with one attached hydrogen (secondary N) is 1. The molecule has 0 unspecified atom stereocenters. The van der Waals surface area contributed by atoms with E-state index in [2.05, 4.69) is 10.1 Å². The lowest BCUT2D eigenvalue weighted by Crippen LogP contribution is -2.52. The third-order valence-electron chi connectivity index (χ3n) is 3.69. The predicted octanol–water partition coefficient (Wildman–Crippen LogP) is 3.00. The fraction of sp³-hybridized carbons (Fsp3) is 0.500. The van der Waals surface area contributed by atoms with Crippen molar-refractivity contribution in [1.82, 2.24) is 0 Å². The van der Waals surface area contributed by atoms with Gasteiger partial charge in [-0.05, 0) is 12.8 Å². The molecule has 1 aliphatic rings. The molecule has 2 rings (SSSR count). The first-order valence-electron chi connectivity index (χ1n) is 6.59. The molecule has 0 atom stereocenters. The maximum atomic E-state index is 13.8. The molecule has 4 nitrogen and oxygen atoms in total. The van der Waals surface area contributed by atoms with Gasteiger partial charge in [0, 0.05) is 12.1 Å². The zero-order valence-electron chi connectivity index (χ0n) is 11.7. The molecule has 1 amide bonds. The minimum absolute atomic E-state index is 0. The third kappa shape index (κ3) is 3.83. The van der Waals surface area contributed by atoms with E-state index in [-0.39, 0.29) is 23.8 Å². The highest BCUT2D eigenvalue weighted by Crippen LogP contribution is 2.29. The van der Waals surface area contributed by atoms with Crippen LogP contribution in [0.25, 0.3) is 0 Å². The van der Waals surface area contributed by atoms with E-state index in [0.29, 0.717) is 12.8 Å². The van der Waals surface area contributed by atoms with Crippen LogP contribution in [0.15, 0.2) is 12.1 Å². The summed E-state index contributed by atoms with van der Waals surface area (Å²) in [6, 6.07) is 1.80. The van der Waals surface area contributed by atoms with E-state index in [0.717, 1.165) is 31.4 Å². The minimum atomic E-state index is -0.999. The first-order chi connectivity index (χ1) is 9.46. The Morgan fingerprint density at radius 2 is 1.86 bits per heavy atom. The average molecular weight is 321 g/mol. The van der Waals surface area contributed by atoms with E-state index in [1.165, 1.54) is 7.11 Å². The summed E-state index contributed by atoms with van der Waals surface area (Å²) in [7, 11) is 1.24. The summed E-state index contributed by atoms with van der Waals surface area (Å²) < 4.78 is 32.0. The molecule has 118 valence electrons. The number of anilines is 1. The third-order valence-corrected chi connectivity index (χ3v) is 3.69. The second-order valence-corrected chi connectivity index (χ2v) is 5.14. The highest BCUT2D eigenvalue weighted by Gasteiger charge is 2.35. The van der Waals surface area contributed by atoms with E-state index >= 15 is 0 Å². The molecule has 1 fully saturated rings. The van der Waals surface area contributed by atoms with Crippen LogP contribution in [0.2, 0.25) is 0 Å². The van der Waals surface area contributed by atoms with Gasteiger partial charge in [0.15, 0.2) is 17.4 Å². The number of halogens is 3. The molecular weight excluding hydrogens is 302 g/mol. The molecule has 0 radical (unpaired) electrons. The largest absolute Gasteiger partial charge is 0.494 e. The molecule has 1 aliphatic carbocycles. The molecule has 0 aromatic heterocycles. The monoisotopic (exact) mass is 320 g/mol. The number of carbonyl (C=O) groups is 1. The maximum Gasteiger partial charge on any atom is 0.244 e. The van der Waals surface area contributed by atoms with Crippen LogP contribution in [0.3, 0.4) is 0 Å². The summed E-state index contributed by atoms with van der Waals surface area (Å²) in [5.74, 6) is -2.17. The van der Waals surface area contributed by atoms with Gasteiger partial charge in [0.2, 0.25) is 5.91 Å². The molecule has 1 aromatic rings. The fourth-order valence-corrected chi connectivity index (χ4v) is 2.44. The molecular formula is C14H19ClF2N2O2. The van der Waals surface area contributed by atoms with Crippen molar-refractivity contribution in [2.75, 3.05) is 12.4 Å². The topological polar surface area (TPSA) is 64.3 Å². The predicted molar refractivity (Wildman–Crippen MR) is 78.8 cm³/mol. The molecule has 7 heteroatoms. The van der Waals surface area contributed by atoms with Gasteiger partial charge in [-0.2, -0.15) is 0 Å². The Hall–Kier alpha value is -1.40. The average Bonchev–Trinajstić information content (AvgIpc) is 2.43. The molecule has 0 heterocycles. The van der Waals surface area contributed by atoms with Gasteiger partial charge < -0.3 is 15.8 Å². The van der Waals surface area contributed by atoms with Crippen LogP contribution in [-0.2, 0) is 4.79 Å². The zero-order chi connectivity index (χ0) is 14.8. The number of rotatable bonds is 3. The van der Waals surface area contributed by atoms with Gasteiger partial charge in [0.05, 0.1) is 18.3 Å². The Balaban J connectivity index is 0.00000220. The molecule has 0 spiro atoms. The van der Waals surface area contributed by atoms with Gasteiger partial charge in [-0.15, -0.1) is 12.4 Å². The first-order valence-corrected chi connectivity index (χ1v) is 6.59. The van der Waals surface area contributed by atoms with Crippen molar-refractivity contribution in [2.45, 2.75) is 37.6 Å². The summed E-state index contributed by atoms with van der Waals surface area (Å²) in [5, 5.41) is 2.38. The quantitative estimate of drug-likeness (QED) is 0.900. The van der Waals surface area contributed by atoms with Crippen molar-refractivity contribution in [1.29, 1.82) is 0 Å². The first kappa shape index (κ1) is 17.7. The molecule has 0 bridgehead atoms. The maximum absolute atomic E-state index is 13.8. The Labute approximate surface area is 128 Å². The standard InChI is InChI=1S/C14H18F2N2O2.ClH/c1-20-12-8-9(15)11(7-10(12)16)18-13(19)14(17)5-3-2-4-6-14;/h7-8H,2-6,17H2,1H3,(H,18,19);1H. The summed E-state index contributed by atoms with van der Waals surface area (Å²) in [6.45, 7) is 0. The lowest BCUT2D eigenvalue weighted by Gasteiger charge is -2.31. The number of carbonyl (C=O) groups excluding carboxylic acids is 1. The van der Waals surface area contributed by atoms with Crippen LogP contribution in [-0.4, -0.2) is 18.6 Å². The number of amides is 1. The van der Waals surface area contributed by atoms with Crippen molar-refractivity contribution >= 4 is 24.0 Å². The van der Waals surface area contributed by atoms with E-state index in [9.17, 15) is 13.6 Å². The summed E-state index contributed by atoms with van der Waals surface area (Å²) in [4.78, 5) is 12.2. The second-order valence-electron chi connectivity index (χ2n) is 5.14. The number of methoxy groups -OCH3 is 1. The number of hydrogen-bond donors (Lipinski definition) is 2. The van der Waals surface area contributed by atoms with Gasteiger partial charge in [0.25, 0.3) is 0 Å². The van der Waals surface area contributed by atoms with Crippen LogP contribution in [0, 0.1) is 11.6 Å². The molecule has 21 heavy (non-hydrogen) atoms. The minimum Gasteiger partial charge on any atom is -0.494 e. The van der Waals surface area contributed by atoms with Crippen molar-refractivity contribution < 1.29 is 18.3 Å². The van der Waals surface area contributed by atoms with Crippen LogP contribution in [0.4, 0.5) is 14.5 Å². The van der Waals surface area contributed by atoms with Gasteiger partial charge in [-0.3, -0.25) is 4.79 Å². The summed E-state index contributed by atoms with van der Waals surface area (Å²) >= 11 is 0. The van der Waals surface area contributed by atoms with E-state index in [1.54, 1.807) is 0 Å². The van der Waals surface area contributed by atoms with E-state index < -0.39 is 23.1 Å². The van der Waals surface area contributed by atoms with Crippen molar-refractivity contribution in [3.05, 3.63) is 23.8 Å². The molecule has 3 N–H and O–H groups in total. The number of ether oxygens (including phenoxy) is 1. The van der Waals surface area contributed by atoms with Gasteiger partial charge in [-0.25, -0.2) is 8.78 Å². The highest BCUT2D eigenvalue weighted by molar-refractivity contribution is 5.98. The van der Waals surface area contributed by atoms with Gasteiger partial charge >= 0.3 is 0 Å². The number of nitrogens with two attached hydrogens (primary N) is 1. The fourth-order valence-electron chi connectivity index (χ4n) is 2.44. The lowest BCUT2D eigenvalue weighted by atomic mass is 9.82. The lowest BCUT2D eigenvalue weighted by molar-refractivity contribution is -0.122. The summed E-state index contributed by atoms with van der Waals surface area (Å²) in [6.07, 6.45) is 3.88. The van der Waals surface area contributed by atoms with Crippen molar-refractivity contribution in [3.8, 4) is 5.75 Å². The Morgan fingerprint density at radius 3 is 2.43 bits per heavy atom. The van der Waals surface area contributed by atoms with Crippen molar-refractivity contribution in [3.63, 3.8) is 0 Å². The summed E-state index contributed by atoms with van der Waals surface area (Å²) in [5.41, 5.74) is 4.82. The van der Waals surface area contributed by atoms with E-state index in [4.69, 9.17) is 5.73 Å². The molecule has 0 aliphatic heterocycles. The Bertz CT molecular complexity index is 520. The molecule has 1 aromatic carbocycles. The highest BCUT2D eigenvalue weighted by atomic mass is 35.5. The van der Waals surface area contributed by atoms with Gasteiger partial charge in [0.1, 0.15) is 0 Å². The number of benzene rings is 1. The Morgan fingerprint density at radius 1 is 1.24 bits per heavy atom. The molecule has 0 saturated heterocycles. The van der Waals surface area contributed by atoms with E-state index in [1.807, 2.05) is 0 Å². The van der Waals surface area contributed by atoms with Crippen LogP contribution in [0.1, 0.15) is 32.1 Å². The normalized spacial score (nSPS) is 16.8. The second kappa shape index (κ2) is 7.04. The zero-order valence-corrected chi connectivity index (χ0v) is 12.6. The van der Waals surface area contributed by atoms with Crippen molar-refractivity contribution in [2.24, 2.45) is 5.73 Å². The Kier molecular flexibility index (Phi) is 5.92. The molecule has 1 saturated carbocycles. The number of hydrogen-bond acceptors (Lipinski definition) is 3. The smallest absolute Gasteiger partial charge is 0.244 e. The SMILES string of the molecule is COc1cc(F)c(NC(=O)C2(N)CCCCC2)cc1F.Cl. The van der Waals surface area contributed by atoms with Crippen LogP contribution in [0.5, 0.6) is 5.75 Å². The van der Waals surface area contributed by atoms with Gasteiger partial charge in [-0.1, -0.05) is 19.3 Å². The van der Waals surface area contributed by atoms with Crippen LogP contribution >= 0.6 is 12.4 Å². The van der Waals surface area contributed by atoms with Crippen LogP contribution < -0.4 is 15.8 Å².